The summed E-state index contributed by atoms with van der Waals surface area (Å²) in [7, 11) is 0. The van der Waals surface area contributed by atoms with Gasteiger partial charge in [0, 0.05) is 78.1 Å². The number of anilines is 1. The number of amides is 2. The molecule has 1 saturated carbocycles. The van der Waals surface area contributed by atoms with E-state index in [1.54, 1.807) is 35.4 Å². The number of halogens is 2. The summed E-state index contributed by atoms with van der Waals surface area (Å²) in [6.45, 7) is 2.70. The number of hydrogen-bond donors (Lipinski definition) is 3. The van der Waals surface area contributed by atoms with E-state index >= 15 is 0 Å². The predicted octanol–water partition coefficient (Wildman–Crippen LogP) is 4.46. The Hall–Kier alpha value is -3.32. The van der Waals surface area contributed by atoms with Gasteiger partial charge in [-0.25, -0.2) is 0 Å². The molecular formula is C29H32BrClN6O5. The number of benzene rings is 2. The lowest BCUT2D eigenvalue weighted by atomic mass is 9.89. The van der Waals surface area contributed by atoms with Crippen molar-refractivity contribution in [2.45, 2.75) is 37.8 Å². The number of hydrogen-bond acceptors (Lipinski definition) is 8. The van der Waals surface area contributed by atoms with Crippen LogP contribution in [0.15, 0.2) is 47.2 Å². The Labute approximate surface area is 256 Å². The van der Waals surface area contributed by atoms with Gasteiger partial charge in [-0.2, -0.15) is 0 Å². The van der Waals surface area contributed by atoms with Crippen molar-refractivity contribution in [2.24, 2.45) is 0 Å². The van der Waals surface area contributed by atoms with Crippen LogP contribution >= 0.6 is 27.5 Å². The second-order valence-corrected chi connectivity index (χ2v) is 12.0. The van der Waals surface area contributed by atoms with Crippen molar-refractivity contribution < 1.29 is 19.6 Å². The highest BCUT2D eigenvalue weighted by Crippen LogP contribution is 2.36. The molecule has 0 spiro atoms. The van der Waals surface area contributed by atoms with Gasteiger partial charge in [-0.05, 0) is 36.4 Å². The van der Waals surface area contributed by atoms with Crippen molar-refractivity contribution in [1.82, 2.24) is 20.1 Å². The molecule has 2 heterocycles. The fourth-order valence-electron chi connectivity index (χ4n) is 5.78. The fourth-order valence-corrected chi connectivity index (χ4v) is 6.41. The Morgan fingerprint density at radius 3 is 2.52 bits per heavy atom. The van der Waals surface area contributed by atoms with Crippen LogP contribution in [0.3, 0.4) is 0 Å². The number of nitro benzene ring substituents is 1. The number of aromatic nitrogens is 1. The number of rotatable bonds is 8. The SMILES string of the molecule is O=C(N[C@H]1CCCC[C@H]1Nc1c(C(=O)N2CCN(CCO)CC2)cc(Br)cc1[N+](=O)[O-])c1cncc2cc(Cl)ccc12. The quantitative estimate of drug-likeness (QED) is 0.238. The normalized spacial score (nSPS) is 19.5. The minimum absolute atomic E-state index is 0.0459. The number of β-amino-alcohol motifs (C(OH)–C–C–N with tert-alkyl or cyclic N) is 1. The van der Waals surface area contributed by atoms with E-state index in [4.69, 9.17) is 11.6 Å². The molecule has 13 heteroatoms. The molecule has 0 unspecified atom stereocenters. The highest BCUT2D eigenvalue weighted by Gasteiger charge is 2.33. The Balaban J connectivity index is 1.41. The second kappa shape index (κ2) is 13.3. The molecule has 1 aliphatic carbocycles. The number of carbonyl (C=O) groups excluding carboxylic acids is 2. The van der Waals surface area contributed by atoms with E-state index in [-0.39, 0.29) is 47.4 Å². The average Bonchev–Trinajstić information content (AvgIpc) is 2.98. The van der Waals surface area contributed by atoms with Crippen LogP contribution in [0.25, 0.3) is 10.8 Å². The molecule has 2 atom stereocenters. The molecule has 42 heavy (non-hydrogen) atoms. The minimum atomic E-state index is -0.494. The lowest BCUT2D eigenvalue weighted by Crippen LogP contribution is -2.50. The Kier molecular flexibility index (Phi) is 9.57. The van der Waals surface area contributed by atoms with Crippen LogP contribution in [0.4, 0.5) is 11.4 Å². The van der Waals surface area contributed by atoms with E-state index in [9.17, 15) is 24.8 Å². The van der Waals surface area contributed by atoms with Gasteiger partial charge < -0.3 is 20.6 Å². The molecular weight excluding hydrogens is 628 g/mol. The standard InChI is InChI=1S/C29H32BrClN6O5/c30-19-14-22(29(40)36-9-7-35(8-10-36)11-12-38)27(26(15-19)37(41)42)33-24-3-1-2-4-25(24)34-28(39)23-17-32-16-18-13-20(31)5-6-21(18)23/h5-6,13-17,24-25,33,38H,1-4,7-12H2,(H,34,39)/t24-,25+/m1/s1. The van der Waals surface area contributed by atoms with Gasteiger partial charge in [-0.3, -0.25) is 29.6 Å². The van der Waals surface area contributed by atoms with Gasteiger partial charge >= 0.3 is 0 Å². The smallest absolute Gasteiger partial charge is 0.294 e. The summed E-state index contributed by atoms with van der Waals surface area (Å²) in [5.41, 5.74) is 0.563. The maximum atomic E-state index is 13.7. The molecule has 3 aromatic rings. The van der Waals surface area contributed by atoms with E-state index in [2.05, 4.69) is 36.4 Å². The Morgan fingerprint density at radius 1 is 1.07 bits per heavy atom. The van der Waals surface area contributed by atoms with Gasteiger partial charge in [0.1, 0.15) is 5.69 Å². The summed E-state index contributed by atoms with van der Waals surface area (Å²) in [6, 6.07) is 7.60. The number of fused-ring (bicyclic) bond motifs is 1. The van der Waals surface area contributed by atoms with Gasteiger partial charge in [0.15, 0.2) is 0 Å². The number of aliphatic hydroxyl groups is 1. The third-order valence-electron chi connectivity index (χ3n) is 7.96. The lowest BCUT2D eigenvalue weighted by Gasteiger charge is -2.36. The van der Waals surface area contributed by atoms with Gasteiger partial charge in [-0.15, -0.1) is 0 Å². The van der Waals surface area contributed by atoms with E-state index in [1.165, 1.54) is 12.3 Å². The number of aliphatic hydroxyl groups excluding tert-OH is 1. The first kappa shape index (κ1) is 30.1. The molecule has 1 aromatic heterocycles. The van der Waals surface area contributed by atoms with Gasteiger partial charge in [0.05, 0.1) is 22.7 Å². The van der Waals surface area contributed by atoms with Crippen molar-refractivity contribution >= 4 is 61.5 Å². The molecule has 222 valence electrons. The number of pyridine rings is 1. The summed E-state index contributed by atoms with van der Waals surface area (Å²) in [4.78, 5) is 46.9. The Bertz CT molecular complexity index is 1500. The predicted molar refractivity (Wildman–Crippen MR) is 164 cm³/mol. The number of nitro groups is 1. The zero-order chi connectivity index (χ0) is 29.8. The molecule has 1 aliphatic heterocycles. The molecule has 0 radical (unpaired) electrons. The first-order chi connectivity index (χ1) is 20.2. The fraction of sp³-hybridized carbons (Fsp3) is 0.414. The summed E-state index contributed by atoms with van der Waals surface area (Å²) in [5, 5.41) is 29.9. The first-order valence-electron chi connectivity index (χ1n) is 14.0. The van der Waals surface area contributed by atoms with Crippen LogP contribution in [0.5, 0.6) is 0 Å². The highest BCUT2D eigenvalue weighted by atomic mass is 79.9. The zero-order valence-electron chi connectivity index (χ0n) is 22.9. The van der Waals surface area contributed by atoms with Crippen molar-refractivity contribution in [3.05, 3.63) is 73.5 Å². The van der Waals surface area contributed by atoms with Gasteiger partial charge in [0.25, 0.3) is 17.5 Å². The molecule has 2 fully saturated rings. The minimum Gasteiger partial charge on any atom is -0.395 e. The number of carbonyl (C=O) groups is 2. The molecule has 5 rings (SSSR count). The molecule has 0 bridgehead atoms. The zero-order valence-corrected chi connectivity index (χ0v) is 25.2. The van der Waals surface area contributed by atoms with Crippen molar-refractivity contribution in [2.75, 3.05) is 44.6 Å². The maximum Gasteiger partial charge on any atom is 0.294 e. The molecule has 2 amide bonds. The number of piperazine rings is 1. The van der Waals surface area contributed by atoms with E-state index in [1.807, 2.05) is 0 Å². The molecule has 2 aliphatic rings. The third kappa shape index (κ3) is 6.67. The van der Waals surface area contributed by atoms with Crippen LogP contribution < -0.4 is 10.6 Å². The Morgan fingerprint density at radius 2 is 1.81 bits per heavy atom. The second-order valence-electron chi connectivity index (χ2n) is 10.6. The topological polar surface area (TPSA) is 141 Å². The van der Waals surface area contributed by atoms with Crippen molar-refractivity contribution in [3.8, 4) is 0 Å². The van der Waals surface area contributed by atoms with E-state index < -0.39 is 4.92 Å². The molecule has 3 N–H and O–H groups in total. The summed E-state index contributed by atoms with van der Waals surface area (Å²) >= 11 is 9.47. The van der Waals surface area contributed by atoms with Crippen LogP contribution in [0.1, 0.15) is 46.4 Å². The monoisotopic (exact) mass is 658 g/mol. The summed E-state index contributed by atoms with van der Waals surface area (Å²) < 4.78 is 0.430. The maximum absolute atomic E-state index is 13.7. The van der Waals surface area contributed by atoms with Crippen LogP contribution in [0, 0.1) is 10.1 Å². The van der Waals surface area contributed by atoms with E-state index in [0.29, 0.717) is 60.6 Å². The molecule has 11 nitrogen and oxygen atoms in total. The summed E-state index contributed by atoms with van der Waals surface area (Å²) in [6.07, 6.45) is 6.27. The number of nitrogens with one attached hydrogen (secondary N) is 2. The van der Waals surface area contributed by atoms with Crippen LogP contribution in [0.2, 0.25) is 5.02 Å². The van der Waals surface area contributed by atoms with Crippen molar-refractivity contribution in [3.63, 3.8) is 0 Å². The van der Waals surface area contributed by atoms with Crippen LogP contribution in [-0.2, 0) is 0 Å². The lowest BCUT2D eigenvalue weighted by molar-refractivity contribution is -0.384. The molecule has 1 saturated heterocycles. The van der Waals surface area contributed by atoms with E-state index in [0.717, 1.165) is 23.6 Å². The average molecular weight is 660 g/mol. The van der Waals surface area contributed by atoms with Crippen LogP contribution in [-0.4, -0.2) is 88.0 Å². The van der Waals surface area contributed by atoms with Gasteiger partial charge in [0.2, 0.25) is 0 Å². The van der Waals surface area contributed by atoms with Crippen molar-refractivity contribution in [1.29, 1.82) is 0 Å². The van der Waals surface area contributed by atoms with Gasteiger partial charge in [-0.1, -0.05) is 46.4 Å². The third-order valence-corrected chi connectivity index (χ3v) is 8.66. The molecule has 2 aromatic carbocycles. The first-order valence-corrected chi connectivity index (χ1v) is 15.1. The summed E-state index contributed by atoms with van der Waals surface area (Å²) in [5.74, 6) is -0.598. The largest absolute Gasteiger partial charge is 0.395 e. The number of nitrogens with zero attached hydrogens (tertiary/aromatic N) is 4. The highest BCUT2D eigenvalue weighted by molar-refractivity contribution is 9.10.